The summed E-state index contributed by atoms with van der Waals surface area (Å²) in [6, 6.07) is 91.8. The maximum atomic E-state index is 7.55. The minimum atomic E-state index is -1.20. The molecular weight excluding hydrogens is 990 g/mol. The summed E-state index contributed by atoms with van der Waals surface area (Å²) in [5.74, 6) is 3.60. The van der Waals surface area contributed by atoms with Crippen molar-refractivity contribution in [3.05, 3.63) is 298 Å². The van der Waals surface area contributed by atoms with Gasteiger partial charge in [-0.25, -0.2) is 0 Å². The summed E-state index contributed by atoms with van der Waals surface area (Å²) < 4.78 is 15.1. The van der Waals surface area contributed by atoms with E-state index in [1.54, 1.807) is 0 Å². The summed E-state index contributed by atoms with van der Waals surface area (Å²) in [4.78, 5) is 2.47. The first-order valence-corrected chi connectivity index (χ1v) is 29.2. The first kappa shape index (κ1) is 43.5. The van der Waals surface area contributed by atoms with Gasteiger partial charge in [0, 0.05) is 24.7 Å². The Balaban J connectivity index is 0.854. The zero-order valence-electron chi connectivity index (χ0n) is 43.8. The maximum Gasteiger partial charge on any atom is 0.145 e. The van der Waals surface area contributed by atoms with Gasteiger partial charge in [-0.15, -0.1) is 0 Å². The molecule has 0 fully saturated rings. The average molecular weight is 1040 g/mol. The molecule has 0 bridgehead atoms. The van der Waals surface area contributed by atoms with Crippen LogP contribution in [0.2, 0.25) is 0 Å². The van der Waals surface area contributed by atoms with E-state index in [9.17, 15) is 0 Å². The monoisotopic (exact) mass is 1040 g/mol. The molecule has 12 aromatic carbocycles. The third kappa shape index (κ3) is 5.13. The number of ether oxygens (including phenoxy) is 2. The molecule has 0 amide bonds. The van der Waals surface area contributed by atoms with Gasteiger partial charge in [-0.2, -0.15) is 0 Å². The lowest BCUT2D eigenvalue weighted by Gasteiger charge is -2.45. The Labute approximate surface area is 465 Å². The molecule has 0 aromatic heterocycles. The summed E-state index contributed by atoms with van der Waals surface area (Å²) in [6.07, 6.45) is 0. The van der Waals surface area contributed by atoms with Crippen LogP contribution in [0, 0.1) is 13.8 Å². The van der Waals surface area contributed by atoms with Gasteiger partial charge in [0.05, 0.1) is 38.1 Å². The molecule has 80 heavy (non-hydrogen) atoms. The van der Waals surface area contributed by atoms with E-state index in [1.807, 2.05) is 0 Å². The van der Waals surface area contributed by atoms with Gasteiger partial charge in [0.2, 0.25) is 0 Å². The van der Waals surface area contributed by atoms with Gasteiger partial charge in [0.25, 0.3) is 0 Å². The Morgan fingerprint density at radius 2 is 0.637 bits per heavy atom. The van der Waals surface area contributed by atoms with Crippen LogP contribution in [0.25, 0.3) is 66.8 Å². The quantitative estimate of drug-likeness (QED) is 0.165. The SMILES string of the molecule is Cc1ccc(N2c3ccc(-c4ccc5c(c4)C4(c6ccccc6-c6ccccc64)c4ccccc4-5)c4c3P3c5c(cc(C)cc5Oc5c(-c6ccc7c(c6)C6(c8ccccc8-c8ccccc86)c6ccccc6-7)ccc2c53)O4)cc1. The number of rotatable bonds is 3. The van der Waals surface area contributed by atoms with Gasteiger partial charge in [-0.3, -0.25) is 0 Å². The van der Waals surface area contributed by atoms with Crippen LogP contribution in [-0.2, 0) is 10.8 Å². The predicted molar refractivity (Wildman–Crippen MR) is 326 cm³/mol. The highest BCUT2D eigenvalue weighted by molar-refractivity contribution is 7.81. The molecule has 372 valence electrons. The molecule has 3 heterocycles. The van der Waals surface area contributed by atoms with Crippen molar-refractivity contribution in [1.82, 2.24) is 0 Å². The van der Waals surface area contributed by atoms with Crippen molar-refractivity contribution in [2.75, 3.05) is 4.90 Å². The largest absolute Gasteiger partial charge is 0.455 e. The Kier molecular flexibility index (Phi) is 8.25. The second kappa shape index (κ2) is 15.2. The summed E-state index contributed by atoms with van der Waals surface area (Å²) in [7, 11) is -1.20. The minimum absolute atomic E-state index is 0.470. The molecular formula is C76H46NO2P. The summed E-state index contributed by atoms with van der Waals surface area (Å²) >= 11 is 0. The molecule has 2 spiro atoms. The molecule has 0 atom stereocenters. The molecule has 12 aromatic rings. The number of nitrogens with zero attached hydrogens (tertiary/aromatic N) is 1. The second-order valence-electron chi connectivity index (χ2n) is 22.7. The van der Waals surface area contributed by atoms with E-state index in [1.165, 1.54) is 105 Å². The van der Waals surface area contributed by atoms with Gasteiger partial charge < -0.3 is 14.4 Å². The lowest BCUT2D eigenvalue weighted by atomic mass is 9.70. The summed E-state index contributed by atoms with van der Waals surface area (Å²) in [5, 5.41) is 3.60. The molecule has 3 nitrogen and oxygen atoms in total. The van der Waals surface area contributed by atoms with E-state index in [0.717, 1.165) is 73.2 Å². The van der Waals surface area contributed by atoms with Crippen LogP contribution in [-0.4, -0.2) is 0 Å². The van der Waals surface area contributed by atoms with E-state index in [0.29, 0.717) is 0 Å². The normalized spacial score (nSPS) is 15.2. The van der Waals surface area contributed by atoms with Crippen LogP contribution < -0.4 is 30.3 Å². The van der Waals surface area contributed by atoms with Crippen LogP contribution in [0.5, 0.6) is 23.0 Å². The minimum Gasteiger partial charge on any atom is -0.455 e. The van der Waals surface area contributed by atoms with Gasteiger partial charge in [0.1, 0.15) is 23.0 Å². The fourth-order valence-electron chi connectivity index (χ4n) is 15.8. The van der Waals surface area contributed by atoms with Crippen LogP contribution in [0.15, 0.2) is 243 Å². The number of fused-ring (bicyclic) bond motifs is 20. The van der Waals surface area contributed by atoms with Crippen LogP contribution >= 0.6 is 7.92 Å². The predicted octanol–water partition coefficient (Wildman–Crippen LogP) is 18.1. The molecule has 0 saturated carbocycles. The van der Waals surface area contributed by atoms with Crippen LogP contribution in [0.4, 0.5) is 17.1 Å². The van der Waals surface area contributed by atoms with Crippen LogP contribution in [0.1, 0.15) is 55.6 Å². The first-order chi connectivity index (χ1) is 39.5. The van der Waals surface area contributed by atoms with E-state index >= 15 is 0 Å². The number of benzene rings is 12. The number of hydrogen-bond donors (Lipinski definition) is 0. The lowest BCUT2D eigenvalue weighted by Crippen LogP contribution is -2.40. The third-order valence-electron chi connectivity index (χ3n) is 18.9. The Hall–Kier alpha value is -9.53. The van der Waals surface area contributed by atoms with Crippen molar-refractivity contribution in [1.29, 1.82) is 0 Å². The maximum absolute atomic E-state index is 7.55. The molecule has 4 aliphatic carbocycles. The Morgan fingerprint density at radius 3 is 1.01 bits per heavy atom. The highest BCUT2D eigenvalue weighted by Gasteiger charge is 2.54. The molecule has 0 radical (unpaired) electrons. The highest BCUT2D eigenvalue weighted by atomic mass is 31.1. The Morgan fingerprint density at radius 1 is 0.300 bits per heavy atom. The van der Waals surface area contributed by atoms with Gasteiger partial charge >= 0.3 is 0 Å². The van der Waals surface area contributed by atoms with Gasteiger partial charge in [0.15, 0.2) is 0 Å². The van der Waals surface area contributed by atoms with E-state index < -0.39 is 18.8 Å². The van der Waals surface area contributed by atoms with Crippen LogP contribution in [0.3, 0.4) is 0 Å². The van der Waals surface area contributed by atoms with Crippen molar-refractivity contribution < 1.29 is 9.47 Å². The molecule has 0 N–H and O–H groups in total. The number of hydrogen-bond acceptors (Lipinski definition) is 3. The topological polar surface area (TPSA) is 21.7 Å². The van der Waals surface area contributed by atoms with Gasteiger partial charge in [-0.1, -0.05) is 188 Å². The van der Waals surface area contributed by atoms with Gasteiger partial charge in [-0.05, 0) is 180 Å². The summed E-state index contributed by atoms with van der Waals surface area (Å²) in [6.45, 7) is 4.33. The standard InChI is InChI=1S/C76H46NO2P/c1-43-27-31-47(32-28-43)77-66-37-35-48(45-29-33-56-54-19-7-13-25-62(54)75(64(56)41-45)58-21-9-3-15-50(58)51-16-4-10-22-59(51)75)70-72(66)80-73-67(77)38-36-49(71(73)79-69-40-44(2)39-68(78-70)74(69)80)46-30-34-57-55-20-8-14-26-63(55)76(65(57)42-46)60-23-11-5-17-52(60)53-18-6-12-24-61(53)76/h3-42H,1-2H3. The van der Waals surface area contributed by atoms with E-state index in [2.05, 4.69) is 261 Å². The first-order valence-electron chi connectivity index (χ1n) is 27.9. The zero-order chi connectivity index (χ0) is 52.3. The van der Waals surface area contributed by atoms with Crippen molar-refractivity contribution in [3.8, 4) is 89.8 Å². The van der Waals surface area contributed by atoms with Crippen molar-refractivity contribution in [3.63, 3.8) is 0 Å². The molecule has 7 aliphatic rings. The van der Waals surface area contributed by atoms with Crippen molar-refractivity contribution in [2.45, 2.75) is 24.7 Å². The highest BCUT2D eigenvalue weighted by Crippen LogP contribution is 2.67. The second-order valence-corrected chi connectivity index (χ2v) is 24.7. The molecule has 0 saturated heterocycles. The van der Waals surface area contributed by atoms with Crippen molar-refractivity contribution in [2.24, 2.45) is 0 Å². The summed E-state index contributed by atoms with van der Waals surface area (Å²) in [5.41, 5.74) is 30.2. The molecule has 19 rings (SSSR count). The average Bonchev–Trinajstić information content (AvgIpc) is 3.89. The zero-order valence-corrected chi connectivity index (χ0v) is 44.7. The van der Waals surface area contributed by atoms with Crippen molar-refractivity contribution >= 4 is 40.9 Å². The lowest BCUT2D eigenvalue weighted by molar-refractivity contribution is 0.467. The smallest absolute Gasteiger partial charge is 0.145 e. The fourth-order valence-corrected chi connectivity index (χ4v) is 18.7. The van der Waals surface area contributed by atoms with E-state index in [4.69, 9.17) is 9.47 Å². The molecule has 4 heteroatoms. The molecule has 0 unspecified atom stereocenters. The van der Waals surface area contributed by atoms with E-state index in [-0.39, 0.29) is 0 Å². The third-order valence-corrected chi connectivity index (χ3v) is 21.5. The number of aryl methyl sites for hydroxylation is 2. The molecule has 3 aliphatic heterocycles. The number of anilines is 3. The fraction of sp³-hybridized carbons (Fsp3) is 0.0526. The Bertz CT molecular complexity index is 4430.